The van der Waals surface area contributed by atoms with Crippen LogP contribution < -0.4 is 43.8 Å². The minimum Gasteiger partial charge on any atom is -0.480 e. The number of carbonyl (C=O) groups excluding carboxylic acids is 6. The Morgan fingerprint density at radius 1 is 0.679 bits per heavy atom. The number of ether oxygens (including phenoxy) is 1. The number of hydrogen-bond acceptors (Lipinski definition) is 10. The predicted molar refractivity (Wildman–Crippen MR) is 294 cm³/mol. The van der Waals surface area contributed by atoms with E-state index in [1.807, 2.05) is 103 Å². The number of likely N-dealkylation sites (tertiary alicyclic amines) is 1. The van der Waals surface area contributed by atoms with Crippen LogP contribution in [-0.4, -0.2) is 125 Å². The number of carboxylic acid groups (broad SMARTS) is 1. The molecule has 5 aromatic rings. The van der Waals surface area contributed by atoms with Gasteiger partial charge in [0.05, 0.1) is 0 Å². The van der Waals surface area contributed by atoms with Gasteiger partial charge in [0.25, 0.3) is 0 Å². The lowest BCUT2D eigenvalue weighted by Crippen LogP contribution is -2.60. The van der Waals surface area contributed by atoms with Gasteiger partial charge in [0, 0.05) is 55.5 Å². The standard InChI is InChI=1S/C58H71N11O9/c59-32-49(67-52(71)47(30-36-17-5-2-6-18-36)68-58(77)78-34-43-41-22-9-7-20-39(41)40-21-8-10-23-42(40)43)55(74)69-28-14-26-50(69)54(73)66-46(29-35-15-3-1-4-16-35)51(70)65-48(31-37-33-63-44-24-12-11-19-38(37)44)53(72)64-45(56(75)76)25-13-27-62-57(60)61/h2,5-12,17-24,33,35,43,45-50,63H,1,3-4,13-16,25-32,34,59H2,(H,64,72)(H,65,70)(H,66,73)(H,67,71)(H,68,77)(H,75,76)(H4,60,61,62)/t45-,46+,47-,48-,49-,50-/m0/s1. The van der Waals surface area contributed by atoms with E-state index < -0.39 is 77.8 Å². The van der Waals surface area contributed by atoms with E-state index in [0.717, 1.165) is 70.8 Å². The first kappa shape index (κ1) is 56.0. The Labute approximate surface area is 453 Å². The van der Waals surface area contributed by atoms with Crippen molar-refractivity contribution in [1.82, 2.24) is 36.5 Å². The van der Waals surface area contributed by atoms with Crippen LogP contribution in [0.1, 0.15) is 92.4 Å². The van der Waals surface area contributed by atoms with Crippen LogP contribution in [-0.2, 0) is 46.3 Å². The van der Waals surface area contributed by atoms with Crippen LogP contribution in [0.3, 0.4) is 0 Å². The fourth-order valence-corrected chi connectivity index (χ4v) is 11.1. The lowest BCUT2D eigenvalue weighted by atomic mass is 9.84. The molecule has 0 bridgehead atoms. The number of para-hydroxylation sites is 1. The third kappa shape index (κ3) is 14.2. The zero-order valence-electron chi connectivity index (χ0n) is 43.7. The molecule has 13 N–H and O–H groups in total. The van der Waals surface area contributed by atoms with Gasteiger partial charge in [-0.25, -0.2) is 9.59 Å². The van der Waals surface area contributed by atoms with Gasteiger partial charge >= 0.3 is 12.1 Å². The summed E-state index contributed by atoms with van der Waals surface area (Å²) in [5.74, 6) is -4.86. The number of aromatic amines is 1. The number of H-pyrrole nitrogens is 1. The average molecular weight is 1070 g/mol. The van der Waals surface area contributed by atoms with Gasteiger partial charge < -0.3 is 63.5 Å². The van der Waals surface area contributed by atoms with Crippen molar-refractivity contribution < 1.29 is 43.4 Å². The summed E-state index contributed by atoms with van der Waals surface area (Å²) in [6.07, 6.45) is 6.75. The maximum absolute atomic E-state index is 14.7. The van der Waals surface area contributed by atoms with Gasteiger partial charge in [0.15, 0.2) is 5.96 Å². The van der Waals surface area contributed by atoms with Crippen LogP contribution in [0.4, 0.5) is 4.79 Å². The molecule has 78 heavy (non-hydrogen) atoms. The number of fused-ring (bicyclic) bond motifs is 4. The molecule has 2 aliphatic carbocycles. The number of aromatic nitrogens is 1. The van der Waals surface area contributed by atoms with Crippen molar-refractivity contribution in [3.8, 4) is 11.1 Å². The molecule has 6 amide bonds. The second kappa shape index (κ2) is 26.7. The maximum atomic E-state index is 14.7. The zero-order chi connectivity index (χ0) is 55.1. The highest BCUT2D eigenvalue weighted by molar-refractivity contribution is 5.97. The van der Waals surface area contributed by atoms with Gasteiger partial charge in [-0.1, -0.05) is 129 Å². The van der Waals surface area contributed by atoms with Gasteiger partial charge in [0.2, 0.25) is 29.5 Å². The van der Waals surface area contributed by atoms with Gasteiger partial charge in [-0.15, -0.1) is 0 Å². The molecule has 1 saturated heterocycles. The van der Waals surface area contributed by atoms with E-state index in [-0.39, 0.29) is 82.6 Å². The number of aliphatic carboxylic acids is 1. The molecule has 3 aliphatic rings. The Balaban J connectivity index is 0.955. The molecule has 0 spiro atoms. The number of nitrogens with one attached hydrogen (secondary N) is 6. The summed E-state index contributed by atoms with van der Waals surface area (Å²) in [7, 11) is 0. The first-order valence-electron chi connectivity index (χ1n) is 27.0. The number of guanidine groups is 1. The lowest BCUT2D eigenvalue weighted by molar-refractivity contribution is -0.143. The summed E-state index contributed by atoms with van der Waals surface area (Å²) in [5, 5.41) is 24.8. The summed E-state index contributed by atoms with van der Waals surface area (Å²) in [6, 6.07) is 25.2. The number of alkyl carbamates (subject to hydrolysis) is 1. The summed E-state index contributed by atoms with van der Waals surface area (Å²) in [6.45, 7) is -0.00536. The average Bonchev–Trinajstić information content (AvgIpc) is 4.20. The van der Waals surface area contributed by atoms with Crippen LogP contribution in [0.5, 0.6) is 0 Å². The van der Waals surface area contributed by atoms with E-state index >= 15 is 0 Å². The number of carboxylic acids is 1. The van der Waals surface area contributed by atoms with Crippen LogP contribution in [0.25, 0.3) is 22.0 Å². The molecule has 6 atom stereocenters. The van der Waals surface area contributed by atoms with Crippen LogP contribution in [0, 0.1) is 5.92 Å². The van der Waals surface area contributed by atoms with E-state index in [2.05, 4.69) is 36.6 Å². The third-order valence-corrected chi connectivity index (χ3v) is 15.1. The topological polar surface area (TPSA) is 319 Å². The molecule has 1 aliphatic heterocycles. The van der Waals surface area contributed by atoms with Crippen LogP contribution >= 0.6 is 0 Å². The Hall–Kier alpha value is -8.26. The Kier molecular flexibility index (Phi) is 19.1. The largest absolute Gasteiger partial charge is 0.480 e. The molecule has 4 aromatic carbocycles. The minimum absolute atomic E-state index is 0.00369. The quantitative estimate of drug-likeness (QED) is 0.0239. The van der Waals surface area contributed by atoms with Crippen molar-refractivity contribution in [2.24, 2.45) is 28.1 Å². The van der Waals surface area contributed by atoms with Crippen molar-refractivity contribution in [2.75, 3.05) is 26.2 Å². The van der Waals surface area contributed by atoms with Crippen molar-refractivity contribution in [3.63, 3.8) is 0 Å². The number of aliphatic imine (C=N–C) groups is 1. The molecule has 20 heteroatoms. The van der Waals surface area contributed by atoms with E-state index in [0.29, 0.717) is 12.0 Å². The molecule has 1 aromatic heterocycles. The molecule has 2 fully saturated rings. The number of nitrogens with two attached hydrogens (primary N) is 3. The second-order valence-corrected chi connectivity index (χ2v) is 20.5. The number of amides is 6. The summed E-state index contributed by atoms with van der Waals surface area (Å²) in [5.41, 5.74) is 23.5. The second-order valence-electron chi connectivity index (χ2n) is 20.5. The van der Waals surface area contributed by atoms with Crippen molar-refractivity contribution in [1.29, 1.82) is 0 Å². The normalized spacial score (nSPS) is 17.0. The summed E-state index contributed by atoms with van der Waals surface area (Å²) < 4.78 is 5.82. The fraction of sp³-hybridized carbons (Fsp3) is 0.414. The molecule has 8 rings (SSSR count). The molecule has 1 saturated carbocycles. The first-order chi connectivity index (χ1) is 37.8. The monoisotopic (exact) mass is 1070 g/mol. The van der Waals surface area contributed by atoms with Gasteiger partial charge in [-0.2, -0.15) is 0 Å². The number of rotatable bonds is 24. The highest BCUT2D eigenvalue weighted by Gasteiger charge is 2.41. The highest BCUT2D eigenvalue weighted by atomic mass is 16.5. The van der Waals surface area contributed by atoms with Crippen LogP contribution in [0.15, 0.2) is 114 Å². The number of carbonyl (C=O) groups is 7. The van der Waals surface area contributed by atoms with E-state index in [1.54, 1.807) is 6.20 Å². The molecular weight excluding hydrogens is 995 g/mol. The first-order valence-corrected chi connectivity index (χ1v) is 27.0. The fourth-order valence-electron chi connectivity index (χ4n) is 11.1. The zero-order valence-corrected chi connectivity index (χ0v) is 43.7. The van der Waals surface area contributed by atoms with Crippen molar-refractivity contribution in [2.45, 2.75) is 119 Å². The Morgan fingerprint density at radius 3 is 1.97 bits per heavy atom. The molecule has 2 heterocycles. The Morgan fingerprint density at radius 2 is 1.29 bits per heavy atom. The van der Waals surface area contributed by atoms with Crippen molar-refractivity contribution in [3.05, 3.63) is 132 Å². The van der Waals surface area contributed by atoms with Gasteiger partial charge in [-0.3, -0.25) is 29.0 Å². The van der Waals surface area contributed by atoms with Crippen LogP contribution in [0.2, 0.25) is 0 Å². The molecule has 0 unspecified atom stereocenters. The summed E-state index contributed by atoms with van der Waals surface area (Å²) >= 11 is 0. The molecule has 412 valence electrons. The van der Waals surface area contributed by atoms with Crippen molar-refractivity contribution >= 4 is 58.5 Å². The maximum Gasteiger partial charge on any atom is 0.407 e. The third-order valence-electron chi connectivity index (χ3n) is 15.1. The Bertz CT molecular complexity index is 2910. The van der Waals surface area contributed by atoms with E-state index in [4.69, 9.17) is 21.9 Å². The number of hydrogen-bond donors (Lipinski definition) is 10. The molecule has 20 nitrogen and oxygen atoms in total. The minimum atomic E-state index is -1.33. The predicted octanol–water partition coefficient (Wildman–Crippen LogP) is 3.86. The van der Waals surface area contributed by atoms with Gasteiger partial charge in [0.1, 0.15) is 42.9 Å². The van der Waals surface area contributed by atoms with E-state index in [1.165, 1.54) is 4.90 Å². The number of benzene rings is 4. The smallest absolute Gasteiger partial charge is 0.407 e. The lowest BCUT2D eigenvalue weighted by Gasteiger charge is -2.32. The number of nitrogens with zero attached hydrogens (tertiary/aromatic N) is 2. The van der Waals surface area contributed by atoms with Gasteiger partial charge in [-0.05, 0) is 77.5 Å². The molecule has 0 radical (unpaired) electrons. The van der Waals surface area contributed by atoms with E-state index in [9.17, 15) is 38.7 Å². The SMILES string of the molecule is NC[C@H](NC(=O)[C@H](Cc1ccccc1)NC(=O)OCC1c2ccccc2-c2ccccc21)C(=O)N1CCC[C@H]1C(=O)N[C@H](CC1CCCCC1)C(=O)N[C@@H](Cc1c[nH]c2ccccc12)C(=O)N[C@@H](CCCN=C(N)N)C(=O)O. The molecular formula is C58H71N11O9. The summed E-state index contributed by atoms with van der Waals surface area (Å²) in [4.78, 5) is 107. The highest BCUT2D eigenvalue weighted by Crippen LogP contribution is 2.44.